The second kappa shape index (κ2) is 10.9. The Labute approximate surface area is 177 Å². The molecule has 13 nitrogen and oxygen atoms in total. The van der Waals surface area contributed by atoms with Crippen molar-refractivity contribution in [1.82, 2.24) is 0 Å². The van der Waals surface area contributed by atoms with Crippen molar-refractivity contribution in [2.75, 3.05) is 19.8 Å². The molecule has 0 amide bonds. The summed E-state index contributed by atoms with van der Waals surface area (Å²) in [5.74, 6) is -2.89. The van der Waals surface area contributed by atoms with Crippen molar-refractivity contribution in [3.63, 3.8) is 0 Å². The highest BCUT2D eigenvalue weighted by atomic mass is 16.8. The third-order valence-corrected chi connectivity index (χ3v) is 4.04. The topological polar surface area (TPSA) is 159 Å². The zero-order valence-corrected chi connectivity index (χ0v) is 17.4. The number of ether oxygens (including phenoxy) is 8. The molecule has 1 unspecified atom stereocenters. The molecule has 13 heteroatoms. The van der Waals surface area contributed by atoms with Gasteiger partial charge in [0.05, 0.1) is 6.61 Å². The lowest BCUT2D eigenvalue weighted by Crippen LogP contribution is -2.63. The van der Waals surface area contributed by atoms with Crippen LogP contribution < -0.4 is 0 Å². The molecule has 174 valence electrons. The average Bonchev–Trinajstić information content (AvgIpc) is 3.06. The third-order valence-electron chi connectivity index (χ3n) is 4.04. The fourth-order valence-electron chi connectivity index (χ4n) is 2.97. The molecule has 2 aliphatic rings. The average molecular weight is 448 g/mol. The Morgan fingerprint density at radius 1 is 0.839 bits per heavy atom. The molecule has 31 heavy (non-hydrogen) atoms. The summed E-state index contributed by atoms with van der Waals surface area (Å²) >= 11 is 0. The first kappa shape index (κ1) is 24.3. The lowest BCUT2D eigenvalue weighted by Gasteiger charge is -2.44. The van der Waals surface area contributed by atoms with Crippen LogP contribution in [0.2, 0.25) is 0 Å². The van der Waals surface area contributed by atoms with E-state index in [1.807, 2.05) is 0 Å². The summed E-state index contributed by atoms with van der Waals surface area (Å²) in [4.78, 5) is 57.4. The van der Waals surface area contributed by atoms with Gasteiger partial charge >= 0.3 is 30.0 Å². The summed E-state index contributed by atoms with van der Waals surface area (Å²) in [6.45, 7) is 3.85. The predicted molar refractivity (Wildman–Crippen MR) is 94.1 cm³/mol. The Balaban J connectivity index is 2.29. The molecule has 6 atom stereocenters. The quantitative estimate of drug-likeness (QED) is 0.350. The van der Waals surface area contributed by atoms with E-state index in [-0.39, 0.29) is 19.8 Å². The fourth-order valence-corrected chi connectivity index (χ4v) is 2.97. The lowest BCUT2D eigenvalue weighted by atomic mass is 9.98. The van der Waals surface area contributed by atoms with Crippen LogP contribution in [-0.2, 0) is 57.1 Å². The number of rotatable bonds is 8. The van der Waals surface area contributed by atoms with Crippen molar-refractivity contribution in [3.05, 3.63) is 0 Å². The first-order chi connectivity index (χ1) is 14.6. The normalized spacial score (nSPS) is 29.9. The summed E-state index contributed by atoms with van der Waals surface area (Å²) in [5, 5.41) is 0. The summed E-state index contributed by atoms with van der Waals surface area (Å²) < 4.78 is 41.6. The standard InChI is InChI=1S/C18H24O13/c1-8(19)24-7-13-14(27-9(2)20)15(28-10(3)21)16(29-11(4)22)17(31-13)25-5-12-6-26-18(23)30-12/h12-17H,5-7H2,1-4H3/t12?,13-,14+,15+,16-,17-/m1/s1. The van der Waals surface area contributed by atoms with Gasteiger partial charge in [-0.05, 0) is 0 Å². The maximum atomic E-state index is 11.7. The third kappa shape index (κ3) is 7.36. The molecule has 2 rings (SSSR count). The van der Waals surface area contributed by atoms with Gasteiger partial charge in [-0.1, -0.05) is 0 Å². The van der Waals surface area contributed by atoms with Gasteiger partial charge < -0.3 is 37.9 Å². The minimum absolute atomic E-state index is 0.0654. The van der Waals surface area contributed by atoms with Crippen LogP contribution >= 0.6 is 0 Å². The van der Waals surface area contributed by atoms with Gasteiger partial charge in [-0.25, -0.2) is 4.79 Å². The van der Waals surface area contributed by atoms with Gasteiger partial charge in [0.15, 0.2) is 30.7 Å². The number of hydrogen-bond acceptors (Lipinski definition) is 13. The van der Waals surface area contributed by atoms with Crippen molar-refractivity contribution in [3.8, 4) is 0 Å². The number of carbonyl (C=O) groups is 5. The summed E-state index contributed by atoms with van der Waals surface area (Å²) in [7, 11) is 0. The number of cyclic esters (lactones) is 2. The molecule has 0 radical (unpaired) electrons. The Bertz CT molecular complexity index is 705. The number of hydrogen-bond donors (Lipinski definition) is 0. The maximum Gasteiger partial charge on any atom is 0.508 e. The van der Waals surface area contributed by atoms with Gasteiger partial charge in [-0.3, -0.25) is 19.2 Å². The lowest BCUT2D eigenvalue weighted by molar-refractivity contribution is -0.310. The van der Waals surface area contributed by atoms with E-state index in [9.17, 15) is 24.0 Å². The van der Waals surface area contributed by atoms with Crippen molar-refractivity contribution in [2.45, 2.75) is 64.5 Å². The molecule has 0 aromatic carbocycles. The first-order valence-corrected chi connectivity index (χ1v) is 9.32. The number of esters is 4. The van der Waals surface area contributed by atoms with E-state index < -0.39 is 66.8 Å². The highest BCUT2D eigenvalue weighted by Crippen LogP contribution is 2.30. The molecule has 0 bridgehead atoms. The summed E-state index contributed by atoms with van der Waals surface area (Å²) in [5.41, 5.74) is 0. The van der Waals surface area contributed by atoms with Crippen LogP contribution in [0.4, 0.5) is 4.79 Å². The predicted octanol–water partition coefficient (Wildman–Crippen LogP) is -0.378. The molecule has 2 aliphatic heterocycles. The Hall–Kier alpha value is -2.93. The highest BCUT2D eigenvalue weighted by Gasteiger charge is 2.53. The van der Waals surface area contributed by atoms with Gasteiger partial charge in [-0.2, -0.15) is 0 Å². The van der Waals surface area contributed by atoms with Gasteiger partial charge in [0.2, 0.25) is 0 Å². The monoisotopic (exact) mass is 448 g/mol. The summed E-state index contributed by atoms with van der Waals surface area (Å²) in [6.07, 6.45) is -8.06. The maximum absolute atomic E-state index is 11.7. The summed E-state index contributed by atoms with van der Waals surface area (Å²) in [6, 6.07) is 0. The van der Waals surface area contributed by atoms with E-state index in [0.29, 0.717) is 0 Å². The second-order valence-corrected chi connectivity index (χ2v) is 6.70. The Kier molecular flexibility index (Phi) is 8.56. The second-order valence-electron chi connectivity index (χ2n) is 6.70. The molecule has 0 aromatic heterocycles. The minimum atomic E-state index is -1.35. The van der Waals surface area contributed by atoms with Gasteiger partial charge in [0, 0.05) is 27.7 Å². The molecule has 0 spiro atoms. The van der Waals surface area contributed by atoms with Crippen LogP contribution in [-0.4, -0.2) is 86.7 Å². The van der Waals surface area contributed by atoms with E-state index in [1.165, 1.54) is 0 Å². The SMILES string of the molecule is CC(=O)OC[C@H]1O[C@@H](OCC2COC(=O)O2)[C@H](OC(C)=O)[C@@H](OC(C)=O)[C@H]1OC(C)=O. The molecule has 2 heterocycles. The van der Waals surface area contributed by atoms with Gasteiger partial charge in [-0.15, -0.1) is 0 Å². The van der Waals surface area contributed by atoms with Crippen molar-refractivity contribution < 1.29 is 61.9 Å². The van der Waals surface area contributed by atoms with Gasteiger partial charge in [0.1, 0.15) is 19.3 Å². The van der Waals surface area contributed by atoms with Crippen molar-refractivity contribution >= 4 is 30.0 Å². The van der Waals surface area contributed by atoms with Crippen molar-refractivity contribution in [1.29, 1.82) is 0 Å². The smallest absolute Gasteiger partial charge is 0.463 e. The largest absolute Gasteiger partial charge is 0.508 e. The molecule has 2 fully saturated rings. The van der Waals surface area contributed by atoms with Crippen LogP contribution in [0.5, 0.6) is 0 Å². The van der Waals surface area contributed by atoms with Crippen LogP contribution in [0.3, 0.4) is 0 Å². The highest BCUT2D eigenvalue weighted by molar-refractivity contribution is 5.68. The first-order valence-electron chi connectivity index (χ1n) is 9.32. The molecular formula is C18H24O13. The zero-order valence-electron chi connectivity index (χ0n) is 17.4. The molecular weight excluding hydrogens is 424 g/mol. The number of carbonyl (C=O) groups excluding carboxylic acids is 5. The van der Waals surface area contributed by atoms with Crippen molar-refractivity contribution in [2.24, 2.45) is 0 Å². The van der Waals surface area contributed by atoms with E-state index in [1.54, 1.807) is 0 Å². The van der Waals surface area contributed by atoms with Crippen LogP contribution in [0.1, 0.15) is 27.7 Å². The van der Waals surface area contributed by atoms with E-state index in [4.69, 9.17) is 33.2 Å². The Morgan fingerprint density at radius 3 is 1.94 bits per heavy atom. The van der Waals surface area contributed by atoms with E-state index >= 15 is 0 Å². The minimum Gasteiger partial charge on any atom is -0.463 e. The molecule has 0 aromatic rings. The van der Waals surface area contributed by atoms with E-state index in [0.717, 1.165) is 27.7 Å². The van der Waals surface area contributed by atoms with Crippen LogP contribution in [0, 0.1) is 0 Å². The molecule has 0 aliphatic carbocycles. The van der Waals surface area contributed by atoms with Crippen LogP contribution in [0.15, 0.2) is 0 Å². The molecule has 0 N–H and O–H groups in total. The zero-order chi connectivity index (χ0) is 23.1. The molecule has 2 saturated heterocycles. The fraction of sp³-hybridized carbons (Fsp3) is 0.722. The molecule has 0 saturated carbocycles. The van der Waals surface area contributed by atoms with Crippen LogP contribution in [0.25, 0.3) is 0 Å². The Morgan fingerprint density at radius 2 is 1.42 bits per heavy atom. The van der Waals surface area contributed by atoms with Gasteiger partial charge in [0.25, 0.3) is 0 Å². The van der Waals surface area contributed by atoms with E-state index in [2.05, 4.69) is 4.74 Å².